The number of nitrogens with zero attached hydrogens (tertiary/aromatic N) is 1. The second kappa shape index (κ2) is 7.58. The van der Waals surface area contributed by atoms with Crippen molar-refractivity contribution in [2.75, 3.05) is 7.11 Å². The Balaban J connectivity index is 2.29. The highest BCUT2D eigenvalue weighted by Crippen LogP contribution is 2.22. The fourth-order valence-corrected chi connectivity index (χ4v) is 2.05. The molecule has 1 N–H and O–H groups in total. The number of amides is 1. The maximum Gasteiger partial charge on any atom is 0.307 e. The highest BCUT2D eigenvalue weighted by molar-refractivity contribution is 5.94. The topological polar surface area (TPSA) is 68.3 Å². The minimum atomic E-state index is -1.12. The SMILES string of the molecule is COC(=O)C[C@H](NC(=O)c1cncc(F)c1)c1ccc(F)cc1F. The molecule has 1 atom stereocenters. The van der Waals surface area contributed by atoms with E-state index in [9.17, 15) is 22.8 Å². The van der Waals surface area contributed by atoms with E-state index in [0.29, 0.717) is 6.07 Å². The lowest BCUT2D eigenvalue weighted by Crippen LogP contribution is -2.31. The minimum Gasteiger partial charge on any atom is -0.469 e. The Hall–Kier alpha value is -2.90. The van der Waals surface area contributed by atoms with E-state index in [1.165, 1.54) is 0 Å². The Bertz CT molecular complexity index is 768. The van der Waals surface area contributed by atoms with Crippen LogP contribution in [0.5, 0.6) is 0 Å². The van der Waals surface area contributed by atoms with Crippen LogP contribution in [0.25, 0.3) is 0 Å². The van der Waals surface area contributed by atoms with Gasteiger partial charge in [0.15, 0.2) is 0 Å². The lowest BCUT2D eigenvalue weighted by molar-refractivity contribution is -0.141. The van der Waals surface area contributed by atoms with E-state index in [1.807, 2.05) is 0 Å². The number of carbonyl (C=O) groups excluding carboxylic acids is 2. The van der Waals surface area contributed by atoms with Crippen molar-refractivity contribution in [3.05, 3.63) is 65.2 Å². The Kier molecular flexibility index (Phi) is 5.51. The van der Waals surface area contributed by atoms with E-state index in [-0.39, 0.29) is 17.5 Å². The van der Waals surface area contributed by atoms with Gasteiger partial charge in [-0.1, -0.05) is 6.07 Å². The summed E-state index contributed by atoms with van der Waals surface area (Å²) in [5.74, 6) is -3.92. The van der Waals surface area contributed by atoms with Crippen molar-refractivity contribution in [2.24, 2.45) is 0 Å². The number of methoxy groups -OCH3 is 1. The summed E-state index contributed by atoms with van der Waals surface area (Å²) in [7, 11) is 1.14. The zero-order chi connectivity index (χ0) is 17.7. The van der Waals surface area contributed by atoms with Crippen molar-refractivity contribution in [1.29, 1.82) is 0 Å². The van der Waals surface area contributed by atoms with Crippen LogP contribution >= 0.6 is 0 Å². The molecule has 0 radical (unpaired) electrons. The smallest absolute Gasteiger partial charge is 0.307 e. The summed E-state index contributed by atoms with van der Waals surface area (Å²) in [6.45, 7) is 0. The third-order valence-corrected chi connectivity index (χ3v) is 3.21. The molecule has 0 saturated heterocycles. The molecule has 126 valence electrons. The fourth-order valence-electron chi connectivity index (χ4n) is 2.05. The molecule has 8 heteroatoms. The van der Waals surface area contributed by atoms with Crippen molar-refractivity contribution in [3.63, 3.8) is 0 Å². The summed E-state index contributed by atoms with van der Waals surface area (Å²) in [4.78, 5) is 27.2. The molecular weight excluding hydrogens is 325 g/mol. The number of hydrogen-bond donors (Lipinski definition) is 1. The highest BCUT2D eigenvalue weighted by atomic mass is 19.1. The van der Waals surface area contributed by atoms with Crippen molar-refractivity contribution >= 4 is 11.9 Å². The van der Waals surface area contributed by atoms with Gasteiger partial charge >= 0.3 is 5.97 Å². The van der Waals surface area contributed by atoms with Crippen LogP contribution < -0.4 is 5.32 Å². The van der Waals surface area contributed by atoms with Crippen LogP contribution in [0.2, 0.25) is 0 Å². The van der Waals surface area contributed by atoms with E-state index in [1.54, 1.807) is 0 Å². The molecule has 1 aromatic carbocycles. The number of pyridine rings is 1. The van der Waals surface area contributed by atoms with Gasteiger partial charge < -0.3 is 10.1 Å². The summed E-state index contributed by atoms with van der Waals surface area (Å²) in [6, 6.07) is 2.57. The van der Waals surface area contributed by atoms with Gasteiger partial charge in [0.25, 0.3) is 5.91 Å². The first kappa shape index (κ1) is 17.5. The fraction of sp³-hybridized carbons (Fsp3) is 0.188. The van der Waals surface area contributed by atoms with E-state index >= 15 is 0 Å². The number of halogens is 3. The van der Waals surface area contributed by atoms with Crippen molar-refractivity contribution < 1.29 is 27.5 Å². The maximum atomic E-state index is 14.0. The summed E-state index contributed by atoms with van der Waals surface area (Å²) in [6.07, 6.45) is 1.66. The van der Waals surface area contributed by atoms with Crippen LogP contribution in [0.15, 0.2) is 36.7 Å². The molecule has 0 fully saturated rings. The number of benzene rings is 1. The van der Waals surface area contributed by atoms with Gasteiger partial charge in [-0.25, -0.2) is 13.2 Å². The number of ether oxygens (including phenoxy) is 1. The quantitative estimate of drug-likeness (QED) is 0.851. The van der Waals surface area contributed by atoms with E-state index in [0.717, 1.165) is 37.7 Å². The van der Waals surface area contributed by atoms with Crippen LogP contribution in [-0.2, 0) is 9.53 Å². The minimum absolute atomic E-state index is 0.0977. The van der Waals surface area contributed by atoms with Crippen LogP contribution in [0.4, 0.5) is 13.2 Å². The van der Waals surface area contributed by atoms with Gasteiger partial charge in [-0.3, -0.25) is 14.6 Å². The Labute approximate surface area is 135 Å². The lowest BCUT2D eigenvalue weighted by atomic mass is 10.0. The van der Waals surface area contributed by atoms with E-state index in [2.05, 4.69) is 15.0 Å². The van der Waals surface area contributed by atoms with Crippen LogP contribution in [0.3, 0.4) is 0 Å². The zero-order valence-electron chi connectivity index (χ0n) is 12.6. The monoisotopic (exact) mass is 338 g/mol. The molecular formula is C16H13F3N2O3. The third kappa shape index (κ3) is 4.31. The molecule has 5 nitrogen and oxygen atoms in total. The molecule has 2 rings (SSSR count). The Morgan fingerprint density at radius 3 is 2.54 bits per heavy atom. The first-order valence-corrected chi connectivity index (χ1v) is 6.84. The molecule has 2 aromatic rings. The first-order chi connectivity index (χ1) is 11.4. The molecule has 0 aliphatic rings. The number of hydrogen-bond acceptors (Lipinski definition) is 4. The molecule has 0 aliphatic carbocycles. The summed E-state index contributed by atoms with van der Waals surface area (Å²) >= 11 is 0. The molecule has 1 aromatic heterocycles. The van der Waals surface area contributed by atoms with Gasteiger partial charge in [0, 0.05) is 17.8 Å². The van der Waals surface area contributed by atoms with Crippen LogP contribution in [-0.4, -0.2) is 24.0 Å². The van der Waals surface area contributed by atoms with Gasteiger partial charge in [0.2, 0.25) is 0 Å². The second-order valence-electron chi connectivity index (χ2n) is 4.86. The molecule has 0 aliphatic heterocycles. The van der Waals surface area contributed by atoms with Crippen LogP contribution in [0.1, 0.15) is 28.4 Å². The number of esters is 1. The standard InChI is InChI=1S/C16H13F3N2O3/c1-24-15(22)6-14(12-3-2-10(17)5-13(12)19)21-16(23)9-4-11(18)8-20-7-9/h2-5,7-8,14H,6H2,1H3,(H,21,23)/t14-/m0/s1. The average Bonchev–Trinajstić information content (AvgIpc) is 2.54. The Morgan fingerprint density at radius 1 is 1.17 bits per heavy atom. The number of aromatic nitrogens is 1. The summed E-state index contributed by atoms with van der Waals surface area (Å²) in [5, 5.41) is 2.39. The van der Waals surface area contributed by atoms with Gasteiger partial charge in [-0.05, 0) is 12.1 Å². The van der Waals surface area contributed by atoms with Crippen molar-refractivity contribution in [3.8, 4) is 0 Å². The molecule has 0 unspecified atom stereocenters. The van der Waals surface area contributed by atoms with E-state index in [4.69, 9.17) is 0 Å². The third-order valence-electron chi connectivity index (χ3n) is 3.21. The average molecular weight is 338 g/mol. The van der Waals surface area contributed by atoms with Crippen molar-refractivity contribution in [2.45, 2.75) is 12.5 Å². The number of rotatable bonds is 5. The lowest BCUT2D eigenvalue weighted by Gasteiger charge is -2.19. The van der Waals surface area contributed by atoms with Gasteiger partial charge in [-0.2, -0.15) is 0 Å². The summed E-state index contributed by atoms with van der Waals surface area (Å²) in [5.41, 5.74) is -0.202. The maximum absolute atomic E-state index is 14.0. The number of nitrogens with one attached hydrogen (secondary N) is 1. The largest absolute Gasteiger partial charge is 0.469 e. The molecule has 0 saturated carbocycles. The van der Waals surface area contributed by atoms with Gasteiger partial charge in [-0.15, -0.1) is 0 Å². The first-order valence-electron chi connectivity index (χ1n) is 6.84. The molecule has 24 heavy (non-hydrogen) atoms. The normalized spacial score (nSPS) is 11.7. The number of carbonyl (C=O) groups is 2. The van der Waals surface area contributed by atoms with Gasteiger partial charge in [0.1, 0.15) is 17.5 Å². The zero-order valence-corrected chi connectivity index (χ0v) is 12.6. The molecule has 1 heterocycles. The predicted octanol–water partition coefficient (Wildman–Crippen LogP) is 2.53. The van der Waals surface area contributed by atoms with E-state index < -0.39 is 35.4 Å². The highest BCUT2D eigenvalue weighted by Gasteiger charge is 2.23. The predicted molar refractivity (Wildman–Crippen MR) is 77.4 cm³/mol. The Morgan fingerprint density at radius 2 is 1.92 bits per heavy atom. The van der Waals surface area contributed by atoms with Gasteiger partial charge in [0.05, 0.1) is 31.3 Å². The molecule has 0 spiro atoms. The summed E-state index contributed by atoms with van der Waals surface area (Å²) < 4.78 is 44.7. The van der Waals surface area contributed by atoms with Crippen molar-refractivity contribution in [1.82, 2.24) is 10.3 Å². The van der Waals surface area contributed by atoms with Crippen LogP contribution in [0, 0.1) is 17.5 Å². The molecule has 1 amide bonds. The second-order valence-corrected chi connectivity index (χ2v) is 4.86. The molecule has 0 bridgehead atoms.